The van der Waals surface area contributed by atoms with Crippen LogP contribution in [0.3, 0.4) is 0 Å². The summed E-state index contributed by atoms with van der Waals surface area (Å²) in [6.07, 6.45) is 2.51. The predicted octanol–water partition coefficient (Wildman–Crippen LogP) is 2.28. The van der Waals surface area contributed by atoms with Gasteiger partial charge in [-0.25, -0.2) is 13.1 Å². The van der Waals surface area contributed by atoms with Gasteiger partial charge in [0.1, 0.15) is 6.33 Å². The Morgan fingerprint density at radius 3 is 2.58 bits per heavy atom. The standard InChI is InChI=1S/C16H14ClN5O3S/c1-10-7-12(4-6-14(10)22-9-18-20-21-22)19-16(23)11-3-5-13(17)15(8-11)26(2,24)25/h3-9H,1-2H3,(H,19,23). The number of sulfone groups is 1. The van der Waals surface area contributed by atoms with Crippen LogP contribution in [0.15, 0.2) is 47.6 Å². The van der Waals surface area contributed by atoms with Gasteiger partial charge in [0.05, 0.1) is 15.6 Å². The van der Waals surface area contributed by atoms with Gasteiger partial charge in [-0.2, -0.15) is 0 Å². The highest BCUT2D eigenvalue weighted by molar-refractivity contribution is 7.90. The summed E-state index contributed by atoms with van der Waals surface area (Å²) in [5.41, 5.74) is 2.37. The molecule has 8 nitrogen and oxygen atoms in total. The van der Waals surface area contributed by atoms with E-state index in [0.29, 0.717) is 5.69 Å². The fourth-order valence-electron chi connectivity index (χ4n) is 2.39. The Balaban J connectivity index is 1.86. The number of aromatic nitrogens is 4. The van der Waals surface area contributed by atoms with Crippen molar-refractivity contribution in [3.63, 3.8) is 0 Å². The van der Waals surface area contributed by atoms with Gasteiger partial charge in [0.25, 0.3) is 5.91 Å². The van der Waals surface area contributed by atoms with Crippen LogP contribution in [0.25, 0.3) is 5.69 Å². The van der Waals surface area contributed by atoms with Gasteiger partial charge in [-0.05, 0) is 59.3 Å². The second-order valence-corrected chi connectivity index (χ2v) is 8.02. The Bertz CT molecular complexity index is 1080. The summed E-state index contributed by atoms with van der Waals surface area (Å²) in [6.45, 7) is 1.86. The first-order valence-corrected chi connectivity index (χ1v) is 9.67. The van der Waals surface area contributed by atoms with Crippen molar-refractivity contribution in [2.75, 3.05) is 11.6 Å². The zero-order valence-corrected chi connectivity index (χ0v) is 15.4. The summed E-state index contributed by atoms with van der Waals surface area (Å²) in [4.78, 5) is 12.4. The summed E-state index contributed by atoms with van der Waals surface area (Å²) < 4.78 is 25.0. The van der Waals surface area contributed by atoms with E-state index in [0.717, 1.165) is 17.5 Å². The van der Waals surface area contributed by atoms with E-state index < -0.39 is 15.7 Å². The van der Waals surface area contributed by atoms with Gasteiger partial charge >= 0.3 is 0 Å². The molecule has 0 aliphatic rings. The molecule has 0 fully saturated rings. The van der Waals surface area contributed by atoms with E-state index in [2.05, 4.69) is 20.8 Å². The second kappa shape index (κ2) is 6.85. The SMILES string of the molecule is Cc1cc(NC(=O)c2ccc(Cl)c(S(C)(=O)=O)c2)ccc1-n1cnnn1. The lowest BCUT2D eigenvalue weighted by Gasteiger charge is -2.10. The number of nitrogens with one attached hydrogen (secondary N) is 1. The smallest absolute Gasteiger partial charge is 0.255 e. The Hall–Kier alpha value is -2.78. The van der Waals surface area contributed by atoms with Crippen LogP contribution in [-0.4, -0.2) is 40.8 Å². The monoisotopic (exact) mass is 391 g/mol. The van der Waals surface area contributed by atoms with Crippen LogP contribution in [0.5, 0.6) is 0 Å². The first-order valence-electron chi connectivity index (χ1n) is 7.40. The number of hydrogen-bond donors (Lipinski definition) is 1. The molecule has 1 amide bonds. The third kappa shape index (κ3) is 3.73. The molecule has 1 aromatic heterocycles. The van der Waals surface area contributed by atoms with E-state index in [1.807, 2.05) is 6.92 Å². The van der Waals surface area contributed by atoms with Gasteiger partial charge in [-0.3, -0.25) is 4.79 Å². The number of carbonyl (C=O) groups is 1. The van der Waals surface area contributed by atoms with Crippen molar-refractivity contribution in [3.8, 4) is 5.69 Å². The number of benzene rings is 2. The molecule has 0 atom stereocenters. The van der Waals surface area contributed by atoms with Crippen molar-refractivity contribution in [1.82, 2.24) is 20.2 Å². The third-order valence-corrected chi connectivity index (χ3v) is 5.22. The molecule has 0 saturated heterocycles. The van der Waals surface area contributed by atoms with Crippen LogP contribution in [0, 0.1) is 6.92 Å². The molecule has 26 heavy (non-hydrogen) atoms. The molecule has 1 heterocycles. The van der Waals surface area contributed by atoms with Crippen molar-refractivity contribution >= 4 is 33.0 Å². The molecule has 3 aromatic rings. The normalized spacial score (nSPS) is 11.3. The zero-order valence-electron chi connectivity index (χ0n) is 13.8. The molecule has 1 N–H and O–H groups in total. The Kier molecular flexibility index (Phi) is 4.75. The predicted molar refractivity (Wildman–Crippen MR) is 96.4 cm³/mol. The number of tetrazole rings is 1. The highest BCUT2D eigenvalue weighted by atomic mass is 35.5. The second-order valence-electron chi connectivity index (χ2n) is 5.63. The van der Waals surface area contributed by atoms with Crippen molar-refractivity contribution in [2.45, 2.75) is 11.8 Å². The average Bonchev–Trinajstić information content (AvgIpc) is 3.08. The van der Waals surface area contributed by atoms with E-state index in [1.54, 1.807) is 18.2 Å². The molecule has 0 bridgehead atoms. The molecule has 3 rings (SSSR count). The Morgan fingerprint density at radius 1 is 1.19 bits per heavy atom. The van der Waals surface area contributed by atoms with Crippen molar-refractivity contribution < 1.29 is 13.2 Å². The van der Waals surface area contributed by atoms with Gasteiger partial charge in [0.2, 0.25) is 0 Å². The van der Waals surface area contributed by atoms with Gasteiger partial charge in [-0.1, -0.05) is 11.6 Å². The molecule has 2 aromatic carbocycles. The average molecular weight is 392 g/mol. The molecular formula is C16H14ClN5O3S. The van der Waals surface area contributed by atoms with Gasteiger partial charge in [0, 0.05) is 17.5 Å². The lowest BCUT2D eigenvalue weighted by atomic mass is 10.1. The van der Waals surface area contributed by atoms with E-state index in [9.17, 15) is 13.2 Å². The number of aryl methyl sites for hydroxylation is 1. The maximum atomic E-state index is 12.4. The number of hydrogen-bond acceptors (Lipinski definition) is 6. The molecule has 0 aliphatic carbocycles. The summed E-state index contributed by atoms with van der Waals surface area (Å²) in [6, 6.07) is 9.35. The van der Waals surface area contributed by atoms with E-state index in [4.69, 9.17) is 11.6 Å². The largest absolute Gasteiger partial charge is 0.322 e. The molecule has 0 radical (unpaired) electrons. The maximum Gasteiger partial charge on any atom is 0.255 e. The minimum atomic E-state index is -3.53. The number of carbonyl (C=O) groups excluding carboxylic acids is 1. The Labute approximate surface area is 154 Å². The highest BCUT2D eigenvalue weighted by Gasteiger charge is 2.16. The number of anilines is 1. The maximum absolute atomic E-state index is 12.4. The van der Waals surface area contributed by atoms with Gasteiger partial charge in [-0.15, -0.1) is 5.10 Å². The van der Waals surface area contributed by atoms with Crippen LogP contribution < -0.4 is 5.32 Å². The van der Waals surface area contributed by atoms with Crippen LogP contribution in [-0.2, 0) is 9.84 Å². The minimum absolute atomic E-state index is 0.0747. The first-order chi connectivity index (χ1) is 12.3. The number of nitrogens with zero attached hydrogens (tertiary/aromatic N) is 4. The number of rotatable bonds is 4. The fraction of sp³-hybridized carbons (Fsp3) is 0.125. The molecule has 0 spiro atoms. The lowest BCUT2D eigenvalue weighted by Crippen LogP contribution is -2.13. The Morgan fingerprint density at radius 2 is 1.96 bits per heavy atom. The van der Waals surface area contributed by atoms with Crippen LogP contribution in [0.1, 0.15) is 15.9 Å². The van der Waals surface area contributed by atoms with E-state index in [1.165, 1.54) is 29.2 Å². The molecular weight excluding hydrogens is 378 g/mol. The molecule has 134 valence electrons. The minimum Gasteiger partial charge on any atom is -0.322 e. The van der Waals surface area contributed by atoms with Gasteiger partial charge in [0.15, 0.2) is 9.84 Å². The van der Waals surface area contributed by atoms with E-state index >= 15 is 0 Å². The fourth-order valence-corrected chi connectivity index (χ4v) is 3.70. The molecule has 0 saturated carbocycles. The molecule has 0 unspecified atom stereocenters. The van der Waals surface area contributed by atoms with Gasteiger partial charge < -0.3 is 5.32 Å². The third-order valence-electron chi connectivity index (χ3n) is 3.64. The lowest BCUT2D eigenvalue weighted by molar-refractivity contribution is 0.102. The van der Waals surface area contributed by atoms with Crippen LogP contribution in [0.2, 0.25) is 5.02 Å². The zero-order chi connectivity index (χ0) is 18.9. The highest BCUT2D eigenvalue weighted by Crippen LogP contribution is 2.24. The van der Waals surface area contributed by atoms with Crippen molar-refractivity contribution in [1.29, 1.82) is 0 Å². The quantitative estimate of drug-likeness (QED) is 0.731. The summed E-state index contributed by atoms with van der Waals surface area (Å²) in [7, 11) is -3.53. The molecule has 10 heteroatoms. The van der Waals surface area contributed by atoms with E-state index in [-0.39, 0.29) is 15.5 Å². The van der Waals surface area contributed by atoms with Crippen molar-refractivity contribution in [3.05, 3.63) is 58.9 Å². The first kappa shape index (κ1) is 18.0. The summed E-state index contributed by atoms with van der Waals surface area (Å²) in [5, 5.41) is 13.8. The number of amides is 1. The van der Waals surface area contributed by atoms with Crippen molar-refractivity contribution in [2.24, 2.45) is 0 Å². The van der Waals surface area contributed by atoms with Crippen LogP contribution >= 0.6 is 11.6 Å². The number of halogens is 1. The topological polar surface area (TPSA) is 107 Å². The summed E-state index contributed by atoms with van der Waals surface area (Å²) in [5.74, 6) is -0.443. The van der Waals surface area contributed by atoms with Crippen LogP contribution in [0.4, 0.5) is 5.69 Å². The summed E-state index contributed by atoms with van der Waals surface area (Å²) >= 11 is 5.90. The molecule has 0 aliphatic heterocycles.